The summed E-state index contributed by atoms with van der Waals surface area (Å²) in [4.78, 5) is 4.51. The van der Waals surface area contributed by atoms with Gasteiger partial charge in [0, 0.05) is 24.0 Å². The van der Waals surface area contributed by atoms with E-state index >= 15 is 0 Å². The van der Waals surface area contributed by atoms with E-state index in [1.54, 1.807) is 7.11 Å². The van der Waals surface area contributed by atoms with E-state index in [0.29, 0.717) is 35.9 Å². The molecular formula is C17H21N3O4. The van der Waals surface area contributed by atoms with Crippen LogP contribution in [0.25, 0.3) is 0 Å². The van der Waals surface area contributed by atoms with Crippen LogP contribution in [0.5, 0.6) is 5.75 Å². The number of hydrogen-bond donors (Lipinski definition) is 1. The van der Waals surface area contributed by atoms with Crippen molar-refractivity contribution in [2.24, 2.45) is 17.6 Å². The van der Waals surface area contributed by atoms with Crippen molar-refractivity contribution in [3.05, 3.63) is 41.5 Å². The van der Waals surface area contributed by atoms with Crippen LogP contribution in [-0.2, 0) is 9.47 Å². The van der Waals surface area contributed by atoms with Crippen molar-refractivity contribution in [1.82, 2.24) is 10.1 Å². The summed E-state index contributed by atoms with van der Waals surface area (Å²) in [6.45, 7) is 2.16. The molecule has 3 heterocycles. The molecule has 0 bridgehead atoms. The van der Waals surface area contributed by atoms with Crippen molar-refractivity contribution in [2.45, 2.75) is 18.6 Å². The maximum Gasteiger partial charge on any atom is 0.256 e. The van der Waals surface area contributed by atoms with Gasteiger partial charge in [0.15, 0.2) is 5.82 Å². The fourth-order valence-corrected chi connectivity index (χ4v) is 3.54. The molecule has 7 nitrogen and oxygen atoms in total. The third-order valence-electron chi connectivity index (χ3n) is 4.86. The summed E-state index contributed by atoms with van der Waals surface area (Å²) in [6.07, 6.45) is 0.788. The molecular weight excluding hydrogens is 310 g/mol. The zero-order valence-electron chi connectivity index (χ0n) is 13.6. The Morgan fingerprint density at radius 1 is 1.29 bits per heavy atom. The smallest absolute Gasteiger partial charge is 0.256 e. The molecule has 2 saturated heterocycles. The average molecular weight is 331 g/mol. The van der Waals surface area contributed by atoms with Gasteiger partial charge in [0.1, 0.15) is 11.9 Å². The number of benzene rings is 1. The normalized spacial score (nSPS) is 27.7. The summed E-state index contributed by atoms with van der Waals surface area (Å²) >= 11 is 0. The third kappa shape index (κ3) is 2.68. The van der Waals surface area contributed by atoms with E-state index in [2.05, 4.69) is 10.1 Å². The van der Waals surface area contributed by atoms with Crippen LogP contribution in [0.1, 0.15) is 35.8 Å². The second-order valence-corrected chi connectivity index (χ2v) is 6.25. The molecule has 7 heteroatoms. The highest BCUT2D eigenvalue weighted by atomic mass is 16.5. The number of rotatable bonds is 4. The van der Waals surface area contributed by atoms with E-state index < -0.39 is 6.04 Å². The summed E-state index contributed by atoms with van der Waals surface area (Å²) in [5, 5.41) is 4.07. The first-order chi connectivity index (χ1) is 11.8. The second-order valence-electron chi connectivity index (χ2n) is 6.25. The minimum absolute atomic E-state index is 0.162. The molecule has 0 aliphatic carbocycles. The van der Waals surface area contributed by atoms with Gasteiger partial charge in [0.2, 0.25) is 0 Å². The van der Waals surface area contributed by atoms with Crippen LogP contribution in [0, 0.1) is 11.8 Å². The molecule has 2 fully saturated rings. The first kappa shape index (κ1) is 15.6. The molecule has 0 amide bonds. The van der Waals surface area contributed by atoms with Crippen LogP contribution >= 0.6 is 0 Å². The summed E-state index contributed by atoms with van der Waals surface area (Å²) < 4.78 is 22.2. The van der Waals surface area contributed by atoms with Crippen LogP contribution in [-0.4, -0.2) is 37.1 Å². The van der Waals surface area contributed by atoms with Gasteiger partial charge in [-0.1, -0.05) is 23.4 Å². The number of aromatic nitrogens is 2. The first-order valence-corrected chi connectivity index (χ1v) is 8.19. The van der Waals surface area contributed by atoms with E-state index in [0.717, 1.165) is 25.2 Å². The molecule has 1 unspecified atom stereocenters. The molecule has 0 radical (unpaired) electrons. The highest BCUT2D eigenvalue weighted by Gasteiger charge is 2.43. The molecule has 128 valence electrons. The highest BCUT2D eigenvalue weighted by Crippen LogP contribution is 2.42. The lowest BCUT2D eigenvalue weighted by Gasteiger charge is -2.25. The summed E-state index contributed by atoms with van der Waals surface area (Å²) in [7, 11) is 1.62. The fraction of sp³-hybridized carbons (Fsp3) is 0.529. The molecule has 4 rings (SSSR count). The Kier molecular flexibility index (Phi) is 4.22. The third-order valence-corrected chi connectivity index (χ3v) is 4.86. The van der Waals surface area contributed by atoms with Gasteiger partial charge in [0.25, 0.3) is 5.89 Å². The van der Waals surface area contributed by atoms with Crippen LogP contribution in [0.4, 0.5) is 0 Å². The standard InChI is InChI=1S/C17H21N3O4/c1-21-13-5-3-2-4-12(13)14(18)16-19-17(24-20-16)15-11-6-7-22-8-10(11)9-23-15/h2-5,10-11,14-15H,6-9,18H2,1H3/t10-,11-,14?,15+/m0/s1. The number of para-hydroxylation sites is 1. The van der Waals surface area contributed by atoms with Crippen LogP contribution in [0.15, 0.2) is 28.8 Å². The number of hydrogen-bond acceptors (Lipinski definition) is 7. The Balaban J connectivity index is 1.56. The molecule has 24 heavy (non-hydrogen) atoms. The topological polar surface area (TPSA) is 92.6 Å². The fourth-order valence-electron chi connectivity index (χ4n) is 3.54. The molecule has 2 N–H and O–H groups in total. The van der Waals surface area contributed by atoms with Crippen LogP contribution in [0.2, 0.25) is 0 Å². The molecule has 4 atom stereocenters. The van der Waals surface area contributed by atoms with Crippen molar-refractivity contribution < 1.29 is 18.7 Å². The number of fused-ring (bicyclic) bond motifs is 1. The molecule has 2 aliphatic heterocycles. The predicted octanol–water partition coefficient (Wildman–Crippen LogP) is 1.85. The molecule has 2 aromatic rings. The Morgan fingerprint density at radius 2 is 2.17 bits per heavy atom. The van der Waals surface area contributed by atoms with Crippen LogP contribution in [0.3, 0.4) is 0 Å². The predicted molar refractivity (Wildman–Crippen MR) is 84.4 cm³/mol. The van der Waals surface area contributed by atoms with Crippen molar-refractivity contribution in [2.75, 3.05) is 26.9 Å². The van der Waals surface area contributed by atoms with Crippen molar-refractivity contribution >= 4 is 0 Å². The lowest BCUT2D eigenvalue weighted by atomic mass is 9.87. The lowest BCUT2D eigenvalue weighted by molar-refractivity contribution is 0.0217. The molecule has 0 spiro atoms. The van der Waals surface area contributed by atoms with Gasteiger partial charge in [-0.3, -0.25) is 0 Å². The van der Waals surface area contributed by atoms with Crippen LogP contribution < -0.4 is 10.5 Å². The van der Waals surface area contributed by atoms with E-state index in [1.807, 2.05) is 24.3 Å². The Bertz CT molecular complexity index is 705. The number of methoxy groups -OCH3 is 1. The number of nitrogens with zero attached hydrogens (tertiary/aromatic N) is 2. The van der Waals surface area contributed by atoms with Gasteiger partial charge in [-0.15, -0.1) is 0 Å². The minimum Gasteiger partial charge on any atom is -0.496 e. The lowest BCUT2D eigenvalue weighted by Crippen LogP contribution is -2.27. The number of nitrogens with two attached hydrogens (primary N) is 1. The largest absolute Gasteiger partial charge is 0.496 e. The van der Waals surface area contributed by atoms with Crippen molar-refractivity contribution in [3.8, 4) is 5.75 Å². The Labute approximate surface area is 140 Å². The van der Waals surface area contributed by atoms with Gasteiger partial charge >= 0.3 is 0 Å². The maximum atomic E-state index is 6.31. The maximum absolute atomic E-state index is 6.31. The van der Waals surface area contributed by atoms with E-state index in [1.165, 1.54) is 0 Å². The minimum atomic E-state index is -0.509. The highest BCUT2D eigenvalue weighted by molar-refractivity contribution is 5.38. The Hall–Kier alpha value is -1.96. The zero-order chi connectivity index (χ0) is 16.5. The van der Waals surface area contributed by atoms with E-state index in [4.69, 9.17) is 24.5 Å². The molecule has 1 aromatic heterocycles. The van der Waals surface area contributed by atoms with Crippen molar-refractivity contribution in [3.63, 3.8) is 0 Å². The quantitative estimate of drug-likeness (QED) is 0.914. The molecule has 2 aliphatic rings. The monoisotopic (exact) mass is 331 g/mol. The summed E-state index contributed by atoms with van der Waals surface area (Å²) in [5.74, 6) is 2.42. The Morgan fingerprint density at radius 3 is 3.04 bits per heavy atom. The molecule has 1 aromatic carbocycles. The van der Waals surface area contributed by atoms with E-state index in [9.17, 15) is 0 Å². The van der Waals surface area contributed by atoms with Gasteiger partial charge < -0.3 is 24.5 Å². The summed E-state index contributed by atoms with van der Waals surface area (Å²) in [6, 6.07) is 7.06. The van der Waals surface area contributed by atoms with Gasteiger partial charge in [-0.05, 0) is 12.5 Å². The van der Waals surface area contributed by atoms with E-state index in [-0.39, 0.29) is 6.10 Å². The SMILES string of the molecule is COc1ccccc1C(N)c1noc([C@@H]2OC[C@@H]3COCC[C@@H]32)n1. The summed E-state index contributed by atoms with van der Waals surface area (Å²) in [5.41, 5.74) is 7.13. The van der Waals surface area contributed by atoms with Crippen molar-refractivity contribution in [1.29, 1.82) is 0 Å². The van der Waals surface area contributed by atoms with Gasteiger partial charge in [-0.2, -0.15) is 4.98 Å². The number of ether oxygens (including phenoxy) is 3. The second kappa shape index (κ2) is 6.51. The zero-order valence-corrected chi connectivity index (χ0v) is 13.6. The van der Waals surface area contributed by atoms with Gasteiger partial charge in [-0.25, -0.2) is 0 Å². The van der Waals surface area contributed by atoms with Gasteiger partial charge in [0.05, 0.1) is 26.4 Å². The molecule has 0 saturated carbocycles. The first-order valence-electron chi connectivity index (χ1n) is 8.19. The average Bonchev–Trinajstić information content (AvgIpc) is 3.27.